The molecule has 2 atom stereocenters. The van der Waals surface area contributed by atoms with Crippen molar-refractivity contribution in [2.24, 2.45) is 0 Å². The molecule has 3 rings (SSSR count). The number of likely N-dealkylation sites (tertiary alicyclic amines) is 2. The highest BCUT2D eigenvalue weighted by Gasteiger charge is 2.37. The topological polar surface area (TPSA) is 18.5 Å². The van der Waals surface area contributed by atoms with Crippen molar-refractivity contribution in [1.82, 2.24) is 15.1 Å². The number of nitrogens with zero attached hydrogens (tertiary/aromatic N) is 2. The number of thioether (sulfide) groups is 1. The van der Waals surface area contributed by atoms with Crippen LogP contribution in [0.1, 0.15) is 25.7 Å². The van der Waals surface area contributed by atoms with E-state index in [4.69, 9.17) is 0 Å². The summed E-state index contributed by atoms with van der Waals surface area (Å²) in [4.78, 5) is 5.26. The molecular weight excluding hydrogens is 230 g/mol. The van der Waals surface area contributed by atoms with E-state index in [9.17, 15) is 0 Å². The van der Waals surface area contributed by atoms with Crippen LogP contribution in [0, 0.1) is 0 Å². The van der Waals surface area contributed by atoms with Crippen LogP contribution in [0.5, 0.6) is 0 Å². The lowest BCUT2D eigenvalue weighted by atomic mass is 10.0. The van der Waals surface area contributed by atoms with Gasteiger partial charge in [0.2, 0.25) is 0 Å². The summed E-state index contributed by atoms with van der Waals surface area (Å²) in [5.41, 5.74) is 0. The fourth-order valence-corrected chi connectivity index (χ4v) is 4.38. The summed E-state index contributed by atoms with van der Waals surface area (Å²) in [5, 5.41) is 6.32. The first-order chi connectivity index (χ1) is 8.34. The van der Waals surface area contributed by atoms with Crippen molar-refractivity contribution >= 4 is 11.8 Å². The molecule has 1 N–H and O–H groups in total. The van der Waals surface area contributed by atoms with Crippen LogP contribution in [-0.4, -0.2) is 53.9 Å². The van der Waals surface area contributed by atoms with E-state index in [0.29, 0.717) is 5.37 Å². The van der Waals surface area contributed by atoms with Gasteiger partial charge in [0.25, 0.3) is 0 Å². The van der Waals surface area contributed by atoms with Crippen molar-refractivity contribution in [3.8, 4) is 0 Å². The predicted octanol–water partition coefficient (Wildman–Crippen LogP) is 1.68. The molecule has 17 heavy (non-hydrogen) atoms. The fourth-order valence-electron chi connectivity index (χ4n) is 3.42. The zero-order valence-corrected chi connectivity index (χ0v) is 11.5. The third-order valence-electron chi connectivity index (χ3n) is 4.40. The third kappa shape index (κ3) is 2.49. The number of piperidine rings is 1. The maximum Gasteiger partial charge on any atom is 0.0916 e. The molecule has 0 amide bonds. The highest BCUT2D eigenvalue weighted by molar-refractivity contribution is 8.03. The highest BCUT2D eigenvalue weighted by Crippen LogP contribution is 2.32. The Morgan fingerprint density at radius 1 is 1.18 bits per heavy atom. The van der Waals surface area contributed by atoms with Crippen LogP contribution in [0.3, 0.4) is 0 Å². The summed E-state index contributed by atoms with van der Waals surface area (Å²) in [6, 6.07) is 1.59. The zero-order chi connectivity index (χ0) is 11.7. The first kappa shape index (κ1) is 11.9. The van der Waals surface area contributed by atoms with Crippen molar-refractivity contribution in [2.45, 2.75) is 43.1 Å². The molecule has 3 aliphatic heterocycles. The summed E-state index contributed by atoms with van der Waals surface area (Å²) in [6.45, 7) is 3.87. The summed E-state index contributed by atoms with van der Waals surface area (Å²) >= 11 is 1.96. The molecule has 3 heterocycles. The Bertz CT molecular complexity index is 278. The summed E-state index contributed by atoms with van der Waals surface area (Å²) < 4.78 is 0. The van der Waals surface area contributed by atoms with Crippen LogP contribution < -0.4 is 5.32 Å². The molecule has 1 unspecified atom stereocenters. The number of hydrogen-bond donors (Lipinski definition) is 1. The summed E-state index contributed by atoms with van der Waals surface area (Å²) in [7, 11) is 2.25. The molecule has 0 aliphatic carbocycles. The van der Waals surface area contributed by atoms with Gasteiger partial charge in [-0.15, -0.1) is 11.8 Å². The number of hydrogen-bond acceptors (Lipinski definition) is 4. The highest BCUT2D eigenvalue weighted by atomic mass is 32.2. The number of rotatable bonds is 2. The average Bonchev–Trinajstić information content (AvgIpc) is 3.00. The van der Waals surface area contributed by atoms with Gasteiger partial charge in [-0.25, -0.2) is 0 Å². The molecule has 3 aliphatic rings. The van der Waals surface area contributed by atoms with Crippen LogP contribution in [0.2, 0.25) is 0 Å². The second-order valence-corrected chi connectivity index (χ2v) is 6.56. The third-order valence-corrected chi connectivity index (χ3v) is 5.44. The van der Waals surface area contributed by atoms with Crippen molar-refractivity contribution in [2.75, 3.05) is 26.7 Å². The first-order valence-corrected chi connectivity index (χ1v) is 7.80. The van der Waals surface area contributed by atoms with Crippen molar-refractivity contribution < 1.29 is 0 Å². The molecule has 0 bridgehead atoms. The van der Waals surface area contributed by atoms with Crippen molar-refractivity contribution in [3.05, 3.63) is 11.6 Å². The Morgan fingerprint density at radius 3 is 2.71 bits per heavy atom. The van der Waals surface area contributed by atoms with Crippen LogP contribution in [0.15, 0.2) is 11.6 Å². The minimum atomic E-state index is 0.608. The molecular formula is C13H23N3S. The molecule has 2 fully saturated rings. The number of nitrogens with one attached hydrogen (secondary N) is 1. The normalized spacial score (nSPS) is 36.5. The molecule has 0 aromatic carbocycles. The van der Waals surface area contributed by atoms with E-state index < -0.39 is 0 Å². The molecule has 0 aromatic rings. The average molecular weight is 253 g/mol. The van der Waals surface area contributed by atoms with Crippen LogP contribution >= 0.6 is 11.8 Å². The lowest BCUT2D eigenvalue weighted by molar-refractivity contribution is 0.107. The minimum absolute atomic E-state index is 0.608. The Kier molecular flexibility index (Phi) is 3.64. The van der Waals surface area contributed by atoms with Gasteiger partial charge in [0.15, 0.2) is 0 Å². The van der Waals surface area contributed by atoms with Crippen LogP contribution in [0.4, 0.5) is 0 Å². The van der Waals surface area contributed by atoms with Gasteiger partial charge in [-0.1, -0.05) is 0 Å². The van der Waals surface area contributed by atoms with Crippen molar-refractivity contribution in [1.29, 1.82) is 0 Å². The van der Waals surface area contributed by atoms with Gasteiger partial charge in [-0.05, 0) is 57.8 Å². The van der Waals surface area contributed by atoms with E-state index >= 15 is 0 Å². The molecule has 2 saturated heterocycles. The molecule has 96 valence electrons. The van der Waals surface area contributed by atoms with E-state index in [1.165, 1.54) is 45.3 Å². The van der Waals surface area contributed by atoms with Crippen molar-refractivity contribution in [3.63, 3.8) is 0 Å². The second-order valence-electron chi connectivity index (χ2n) is 5.51. The quantitative estimate of drug-likeness (QED) is 0.807. The second kappa shape index (κ2) is 5.21. The van der Waals surface area contributed by atoms with Gasteiger partial charge < -0.3 is 10.2 Å². The molecule has 0 radical (unpaired) electrons. The SMILES string of the molecule is CN1CCC(N2CCC[C@@H]2C2NC=CS2)CC1. The standard InChI is InChI=1S/C13H23N3S/c1-15-8-4-11(5-9-15)16-7-2-3-12(16)13-14-6-10-17-13/h6,10-14H,2-5,7-9H2,1H3/t12-,13?/m1/s1. The lowest BCUT2D eigenvalue weighted by Crippen LogP contribution is -2.50. The van der Waals surface area contributed by atoms with E-state index in [1.54, 1.807) is 0 Å². The molecule has 4 heteroatoms. The summed E-state index contributed by atoms with van der Waals surface area (Å²) in [5.74, 6) is 0. The van der Waals surface area contributed by atoms with Gasteiger partial charge in [-0.2, -0.15) is 0 Å². The van der Waals surface area contributed by atoms with E-state index in [1.807, 2.05) is 11.8 Å². The van der Waals surface area contributed by atoms with Gasteiger partial charge in [0.05, 0.1) is 5.37 Å². The zero-order valence-electron chi connectivity index (χ0n) is 10.6. The molecule has 0 spiro atoms. The van der Waals surface area contributed by atoms with Gasteiger partial charge in [-0.3, -0.25) is 4.90 Å². The van der Waals surface area contributed by atoms with Gasteiger partial charge >= 0.3 is 0 Å². The van der Waals surface area contributed by atoms with E-state index in [0.717, 1.165) is 12.1 Å². The monoisotopic (exact) mass is 253 g/mol. The van der Waals surface area contributed by atoms with Crippen LogP contribution in [0.25, 0.3) is 0 Å². The maximum atomic E-state index is 3.51. The van der Waals surface area contributed by atoms with Crippen LogP contribution in [-0.2, 0) is 0 Å². The molecule has 3 nitrogen and oxygen atoms in total. The summed E-state index contributed by atoms with van der Waals surface area (Å²) in [6.07, 6.45) is 7.59. The lowest BCUT2D eigenvalue weighted by Gasteiger charge is -2.39. The van der Waals surface area contributed by atoms with E-state index in [2.05, 4.69) is 33.8 Å². The fraction of sp³-hybridized carbons (Fsp3) is 0.846. The minimum Gasteiger partial charge on any atom is -0.377 e. The Morgan fingerprint density at radius 2 is 2.00 bits per heavy atom. The van der Waals surface area contributed by atoms with Gasteiger partial charge in [0.1, 0.15) is 0 Å². The largest absolute Gasteiger partial charge is 0.377 e. The predicted molar refractivity (Wildman–Crippen MR) is 73.9 cm³/mol. The van der Waals surface area contributed by atoms with E-state index in [-0.39, 0.29) is 0 Å². The van der Waals surface area contributed by atoms with Gasteiger partial charge in [0, 0.05) is 18.3 Å². The molecule has 0 saturated carbocycles. The first-order valence-electron chi connectivity index (χ1n) is 6.85. The Labute approximate surface area is 109 Å². The molecule has 0 aromatic heterocycles. The Hall–Kier alpha value is -0.190. The Balaban J connectivity index is 1.61. The smallest absolute Gasteiger partial charge is 0.0916 e. The maximum absolute atomic E-state index is 3.51.